The molecule has 4 aromatic rings. The van der Waals surface area contributed by atoms with Gasteiger partial charge in [-0.3, -0.25) is 4.79 Å². The summed E-state index contributed by atoms with van der Waals surface area (Å²) in [4.78, 5) is 49.4. The lowest BCUT2D eigenvalue weighted by molar-refractivity contribution is -0.128. The van der Waals surface area contributed by atoms with E-state index in [0.29, 0.717) is 30.0 Å². The minimum absolute atomic E-state index is 0.0472. The fourth-order valence-corrected chi connectivity index (χ4v) is 6.49. The molecular weight excluding hydrogens is 595 g/mol. The number of aromatic nitrogens is 5. The normalized spacial score (nSPS) is 19.9. The van der Waals surface area contributed by atoms with Crippen LogP contribution in [0.2, 0.25) is 5.02 Å². The first-order valence-electron chi connectivity index (χ1n) is 15.1. The maximum Gasteiger partial charge on any atom is 0.355 e. The second kappa shape index (κ2) is 11.0. The van der Waals surface area contributed by atoms with Gasteiger partial charge < -0.3 is 9.80 Å². The van der Waals surface area contributed by atoms with Crippen LogP contribution in [0.1, 0.15) is 68.3 Å². The van der Waals surface area contributed by atoms with Gasteiger partial charge in [0.15, 0.2) is 5.65 Å². The standard InChI is InChI=1S/C33H30ClFN8O2/c1-4-26(44)41-14-18(3)42(15-17(41)2)31-24-11-21(13-36)27(23-12-22(34)9-10-25(23)35)39-32(24)43(33(45)40-31)30-28(19-5-6-19)37-16-38-29(30)20-7-8-20/h4,9-12,16-20H,1,5-8,14-15H2,2-3H3/t17-,18+/m1/s1. The van der Waals surface area contributed by atoms with Gasteiger partial charge in [-0.1, -0.05) is 18.2 Å². The fraction of sp³-hybridized carbons (Fsp3) is 0.364. The molecule has 0 radical (unpaired) electrons. The van der Waals surface area contributed by atoms with Crippen LogP contribution in [0.4, 0.5) is 10.2 Å². The van der Waals surface area contributed by atoms with E-state index in [0.717, 1.165) is 37.1 Å². The molecule has 3 fully saturated rings. The van der Waals surface area contributed by atoms with Crippen LogP contribution in [0.5, 0.6) is 0 Å². The van der Waals surface area contributed by atoms with Crippen molar-refractivity contribution in [3.8, 4) is 23.0 Å². The van der Waals surface area contributed by atoms with Crippen molar-refractivity contribution in [3.63, 3.8) is 0 Å². The molecule has 0 bridgehead atoms. The van der Waals surface area contributed by atoms with Gasteiger partial charge in [-0.05, 0) is 69.9 Å². The Bertz CT molecular complexity index is 1970. The molecular formula is C33H30ClFN8O2. The van der Waals surface area contributed by atoms with E-state index in [4.69, 9.17) is 16.6 Å². The Morgan fingerprint density at radius 2 is 1.76 bits per heavy atom. The van der Waals surface area contributed by atoms with Crippen molar-refractivity contribution in [2.24, 2.45) is 0 Å². The second-order valence-corrected chi connectivity index (χ2v) is 12.6. The van der Waals surface area contributed by atoms with Crippen LogP contribution < -0.4 is 10.6 Å². The van der Waals surface area contributed by atoms with Crippen LogP contribution >= 0.6 is 11.6 Å². The number of hydrogen-bond donors (Lipinski definition) is 0. The van der Waals surface area contributed by atoms with Crippen LogP contribution in [0.15, 0.2) is 48.0 Å². The van der Waals surface area contributed by atoms with Crippen molar-refractivity contribution in [1.29, 1.82) is 5.26 Å². The number of piperazine rings is 1. The largest absolute Gasteiger partial charge is 0.355 e. The molecule has 45 heavy (non-hydrogen) atoms. The Balaban J connectivity index is 1.53. The lowest BCUT2D eigenvalue weighted by Gasteiger charge is -2.44. The summed E-state index contributed by atoms with van der Waals surface area (Å²) in [7, 11) is 0. The van der Waals surface area contributed by atoms with Gasteiger partial charge in [-0.25, -0.2) is 28.7 Å². The zero-order chi connectivity index (χ0) is 31.6. The van der Waals surface area contributed by atoms with Gasteiger partial charge >= 0.3 is 5.69 Å². The predicted molar refractivity (Wildman–Crippen MR) is 168 cm³/mol. The lowest BCUT2D eigenvalue weighted by atomic mass is 10.0. The average Bonchev–Trinajstić information content (AvgIpc) is 3.96. The van der Waals surface area contributed by atoms with Crippen molar-refractivity contribution in [3.05, 3.63) is 81.5 Å². The number of carbonyl (C=O) groups excluding carboxylic acids is 1. The Kier molecular flexibility index (Phi) is 7.12. The number of carbonyl (C=O) groups is 1. The van der Waals surface area contributed by atoms with Gasteiger partial charge in [0.2, 0.25) is 5.91 Å². The molecule has 1 amide bonds. The van der Waals surface area contributed by atoms with Gasteiger partial charge in [0, 0.05) is 47.6 Å². The molecule has 7 rings (SSSR count). The summed E-state index contributed by atoms with van der Waals surface area (Å²) in [5, 5.41) is 11.0. The van der Waals surface area contributed by atoms with Crippen molar-refractivity contribution in [2.45, 2.75) is 63.5 Å². The van der Waals surface area contributed by atoms with E-state index in [1.54, 1.807) is 17.3 Å². The molecule has 4 heterocycles. The lowest BCUT2D eigenvalue weighted by Crippen LogP contribution is -2.58. The Hall–Kier alpha value is -4.69. The van der Waals surface area contributed by atoms with E-state index >= 15 is 4.39 Å². The molecule has 10 nitrogen and oxygen atoms in total. The highest BCUT2D eigenvalue weighted by Crippen LogP contribution is 2.47. The number of fused-ring (bicyclic) bond motifs is 1. The molecule has 2 saturated carbocycles. The Labute approximate surface area is 263 Å². The molecule has 1 aliphatic heterocycles. The average molecular weight is 625 g/mol. The van der Waals surface area contributed by atoms with Crippen LogP contribution in [-0.2, 0) is 4.79 Å². The molecule has 0 N–H and O–H groups in total. The number of benzene rings is 1. The van der Waals surface area contributed by atoms with E-state index in [1.165, 1.54) is 28.8 Å². The van der Waals surface area contributed by atoms with Gasteiger partial charge in [0.1, 0.15) is 24.0 Å². The van der Waals surface area contributed by atoms with Crippen LogP contribution in [0.3, 0.4) is 0 Å². The zero-order valence-corrected chi connectivity index (χ0v) is 25.6. The first kappa shape index (κ1) is 29.0. The van der Waals surface area contributed by atoms with Gasteiger partial charge in [-0.15, -0.1) is 0 Å². The maximum atomic E-state index is 15.3. The number of nitrogens with zero attached hydrogens (tertiary/aromatic N) is 8. The van der Waals surface area contributed by atoms with E-state index in [9.17, 15) is 14.9 Å². The van der Waals surface area contributed by atoms with E-state index in [1.807, 2.05) is 18.7 Å². The molecule has 2 aliphatic carbocycles. The third kappa shape index (κ3) is 5.03. The highest BCUT2D eigenvalue weighted by atomic mass is 35.5. The SMILES string of the molecule is C=CC(=O)N1C[C@H](C)N(c2nc(=O)n(-c3c(C4CC4)ncnc3C3CC3)c3nc(-c4cc(Cl)ccc4F)c(C#N)cc23)C[C@H]1C. The highest BCUT2D eigenvalue weighted by molar-refractivity contribution is 6.30. The summed E-state index contributed by atoms with van der Waals surface area (Å²) in [6.45, 7) is 8.27. The van der Waals surface area contributed by atoms with Crippen molar-refractivity contribution < 1.29 is 9.18 Å². The summed E-state index contributed by atoms with van der Waals surface area (Å²) < 4.78 is 16.7. The molecule has 228 valence electrons. The highest BCUT2D eigenvalue weighted by Gasteiger charge is 2.38. The quantitative estimate of drug-likeness (QED) is 0.266. The third-order valence-electron chi connectivity index (χ3n) is 8.90. The minimum Gasteiger partial charge on any atom is -0.349 e. The summed E-state index contributed by atoms with van der Waals surface area (Å²) in [6, 6.07) is 7.43. The Morgan fingerprint density at radius 3 is 2.38 bits per heavy atom. The predicted octanol–water partition coefficient (Wildman–Crippen LogP) is 5.27. The van der Waals surface area contributed by atoms with Crippen molar-refractivity contribution in [2.75, 3.05) is 18.0 Å². The molecule has 12 heteroatoms. The molecule has 1 aromatic carbocycles. The molecule has 0 spiro atoms. The fourth-order valence-electron chi connectivity index (χ4n) is 6.31. The second-order valence-electron chi connectivity index (χ2n) is 12.1. The first-order valence-corrected chi connectivity index (χ1v) is 15.5. The van der Waals surface area contributed by atoms with E-state index in [2.05, 4.69) is 27.6 Å². The van der Waals surface area contributed by atoms with Crippen LogP contribution in [-0.4, -0.2) is 60.5 Å². The molecule has 0 unspecified atom stereocenters. The van der Waals surface area contributed by atoms with E-state index < -0.39 is 11.5 Å². The monoisotopic (exact) mass is 624 g/mol. The summed E-state index contributed by atoms with van der Waals surface area (Å²) in [5.74, 6) is -0.0653. The van der Waals surface area contributed by atoms with Crippen LogP contribution in [0.25, 0.3) is 28.0 Å². The number of hydrogen-bond acceptors (Lipinski definition) is 8. The number of rotatable bonds is 6. The number of pyridine rings is 1. The Morgan fingerprint density at radius 1 is 1.07 bits per heavy atom. The summed E-state index contributed by atoms with van der Waals surface area (Å²) in [5.41, 5.74) is 1.98. The van der Waals surface area contributed by atoms with Crippen LogP contribution in [0, 0.1) is 17.1 Å². The molecule has 3 aromatic heterocycles. The van der Waals surface area contributed by atoms with Crippen molar-refractivity contribution >= 4 is 34.4 Å². The smallest absolute Gasteiger partial charge is 0.349 e. The number of halogens is 2. The molecule has 2 atom stereocenters. The maximum absolute atomic E-state index is 15.3. The van der Waals surface area contributed by atoms with Gasteiger partial charge in [-0.2, -0.15) is 10.2 Å². The van der Waals surface area contributed by atoms with Gasteiger partial charge in [0.05, 0.1) is 33.7 Å². The number of anilines is 1. The van der Waals surface area contributed by atoms with Gasteiger partial charge in [0.25, 0.3) is 0 Å². The van der Waals surface area contributed by atoms with E-state index in [-0.39, 0.29) is 57.3 Å². The zero-order valence-electron chi connectivity index (χ0n) is 24.9. The van der Waals surface area contributed by atoms with Crippen molar-refractivity contribution in [1.82, 2.24) is 29.4 Å². The minimum atomic E-state index is -0.600. The summed E-state index contributed by atoms with van der Waals surface area (Å²) in [6.07, 6.45) is 6.63. The summed E-state index contributed by atoms with van der Waals surface area (Å²) >= 11 is 6.26. The topological polar surface area (TPSA) is 121 Å². The molecule has 3 aliphatic rings. The number of nitriles is 1. The molecule has 1 saturated heterocycles. The third-order valence-corrected chi connectivity index (χ3v) is 9.13. The number of amides is 1. The first-order chi connectivity index (χ1) is 21.7.